The molecule has 0 saturated heterocycles. The molecular formula is C25H27N3O4S. The minimum atomic E-state index is -3.82. The number of carbonyl (C=O) groups excluding carboxylic acids is 1. The molecule has 0 aliphatic rings. The summed E-state index contributed by atoms with van der Waals surface area (Å²) in [4.78, 5) is 12.2. The van der Waals surface area contributed by atoms with Crippen LogP contribution in [0.25, 0.3) is 0 Å². The molecular weight excluding hydrogens is 438 g/mol. The van der Waals surface area contributed by atoms with E-state index in [4.69, 9.17) is 4.74 Å². The lowest BCUT2D eigenvalue weighted by molar-refractivity contribution is -0.119. The standard InChI is InChI=1S/C25H27N3O4S/c1-18-13-19(2)25(20(3)14-18)33(30,31)27-16-24(29)28-26-15-21-9-11-23(12-10-21)32-17-22-7-5-4-6-8-22/h4-15,27H,16-17H2,1-3H3,(H,28,29)/b26-15-. The van der Waals surface area contributed by atoms with E-state index in [1.54, 1.807) is 26.0 Å². The smallest absolute Gasteiger partial charge is 0.255 e. The van der Waals surface area contributed by atoms with Crippen LogP contribution < -0.4 is 14.9 Å². The summed E-state index contributed by atoms with van der Waals surface area (Å²) >= 11 is 0. The number of hydrogen-bond acceptors (Lipinski definition) is 5. The van der Waals surface area contributed by atoms with Crippen LogP contribution in [0.1, 0.15) is 27.8 Å². The molecule has 2 N–H and O–H groups in total. The quantitative estimate of drug-likeness (QED) is 0.373. The monoisotopic (exact) mass is 465 g/mol. The molecule has 3 aromatic carbocycles. The van der Waals surface area contributed by atoms with Crippen molar-refractivity contribution in [2.45, 2.75) is 32.3 Å². The summed E-state index contributed by atoms with van der Waals surface area (Å²) < 4.78 is 33.3. The van der Waals surface area contributed by atoms with Crippen molar-refractivity contribution in [2.75, 3.05) is 6.54 Å². The topological polar surface area (TPSA) is 96.9 Å². The van der Waals surface area contributed by atoms with Crippen LogP contribution in [0.4, 0.5) is 0 Å². The molecule has 0 bridgehead atoms. The van der Waals surface area contributed by atoms with Crippen molar-refractivity contribution >= 4 is 22.1 Å². The van der Waals surface area contributed by atoms with Gasteiger partial charge in [-0.05, 0) is 67.3 Å². The summed E-state index contributed by atoms with van der Waals surface area (Å²) in [5, 5.41) is 3.88. The minimum absolute atomic E-state index is 0.193. The third kappa shape index (κ3) is 7.00. The van der Waals surface area contributed by atoms with Crippen LogP contribution >= 0.6 is 0 Å². The second kappa shape index (κ2) is 10.9. The number of benzene rings is 3. The Morgan fingerprint density at radius 2 is 1.61 bits per heavy atom. The van der Waals surface area contributed by atoms with E-state index in [2.05, 4.69) is 15.2 Å². The van der Waals surface area contributed by atoms with Crippen LogP contribution in [0.3, 0.4) is 0 Å². The first-order valence-corrected chi connectivity index (χ1v) is 11.9. The van der Waals surface area contributed by atoms with Gasteiger partial charge in [0.25, 0.3) is 5.91 Å². The van der Waals surface area contributed by atoms with Crippen molar-refractivity contribution in [1.82, 2.24) is 10.1 Å². The van der Waals surface area contributed by atoms with Crippen molar-refractivity contribution in [2.24, 2.45) is 5.10 Å². The van der Waals surface area contributed by atoms with Gasteiger partial charge in [0, 0.05) is 0 Å². The van der Waals surface area contributed by atoms with Crippen molar-refractivity contribution in [3.8, 4) is 5.75 Å². The van der Waals surface area contributed by atoms with Crippen LogP contribution in [-0.4, -0.2) is 27.1 Å². The first-order valence-electron chi connectivity index (χ1n) is 10.4. The zero-order chi connectivity index (χ0) is 23.8. The van der Waals surface area contributed by atoms with E-state index in [1.807, 2.05) is 61.5 Å². The maximum Gasteiger partial charge on any atom is 0.255 e. The van der Waals surface area contributed by atoms with Crippen LogP contribution in [0.5, 0.6) is 5.75 Å². The summed E-state index contributed by atoms with van der Waals surface area (Å²) in [5.41, 5.74) is 6.41. The van der Waals surface area contributed by atoms with Gasteiger partial charge in [-0.3, -0.25) is 4.79 Å². The Labute approximate surface area is 194 Å². The van der Waals surface area contributed by atoms with Gasteiger partial charge in [0.05, 0.1) is 17.7 Å². The van der Waals surface area contributed by atoms with E-state index in [9.17, 15) is 13.2 Å². The van der Waals surface area contributed by atoms with Gasteiger partial charge in [0.2, 0.25) is 10.0 Å². The number of sulfonamides is 1. The first-order chi connectivity index (χ1) is 15.7. The molecule has 0 radical (unpaired) electrons. The Morgan fingerprint density at radius 3 is 2.24 bits per heavy atom. The molecule has 0 atom stereocenters. The van der Waals surface area contributed by atoms with Gasteiger partial charge in [-0.25, -0.2) is 18.6 Å². The molecule has 0 spiro atoms. The summed E-state index contributed by atoms with van der Waals surface area (Å²) in [7, 11) is -3.82. The van der Waals surface area contributed by atoms with Crippen molar-refractivity contribution < 1.29 is 17.9 Å². The Bertz CT molecular complexity index is 1220. The molecule has 0 unspecified atom stereocenters. The van der Waals surface area contributed by atoms with Crippen molar-refractivity contribution in [3.05, 3.63) is 94.5 Å². The molecule has 172 valence electrons. The maximum atomic E-state index is 12.6. The van der Waals surface area contributed by atoms with E-state index in [-0.39, 0.29) is 4.90 Å². The summed E-state index contributed by atoms with van der Waals surface area (Å²) in [6.45, 7) is 5.43. The largest absolute Gasteiger partial charge is 0.489 e. The molecule has 0 aromatic heterocycles. The minimum Gasteiger partial charge on any atom is -0.489 e. The molecule has 0 fully saturated rings. The number of carbonyl (C=O) groups is 1. The number of amides is 1. The van der Waals surface area contributed by atoms with E-state index < -0.39 is 22.5 Å². The fourth-order valence-corrected chi connectivity index (χ4v) is 4.86. The highest BCUT2D eigenvalue weighted by molar-refractivity contribution is 7.89. The summed E-state index contributed by atoms with van der Waals surface area (Å²) in [6.07, 6.45) is 1.47. The molecule has 7 nitrogen and oxygen atoms in total. The predicted molar refractivity (Wildman–Crippen MR) is 129 cm³/mol. The van der Waals surface area contributed by atoms with Crippen molar-refractivity contribution in [3.63, 3.8) is 0 Å². The van der Waals surface area contributed by atoms with Gasteiger partial charge < -0.3 is 4.74 Å². The highest BCUT2D eigenvalue weighted by Crippen LogP contribution is 2.21. The lowest BCUT2D eigenvalue weighted by Crippen LogP contribution is -2.35. The summed E-state index contributed by atoms with van der Waals surface area (Å²) in [5.74, 6) is 0.149. The van der Waals surface area contributed by atoms with Crippen molar-refractivity contribution in [1.29, 1.82) is 0 Å². The highest BCUT2D eigenvalue weighted by Gasteiger charge is 2.20. The molecule has 3 rings (SSSR count). The number of rotatable bonds is 9. The molecule has 0 aliphatic carbocycles. The van der Waals surface area contributed by atoms with E-state index in [0.29, 0.717) is 17.7 Å². The van der Waals surface area contributed by atoms with E-state index >= 15 is 0 Å². The normalized spacial score (nSPS) is 11.5. The Balaban J connectivity index is 1.49. The van der Waals surface area contributed by atoms with Gasteiger partial charge in [-0.15, -0.1) is 0 Å². The Morgan fingerprint density at radius 1 is 0.970 bits per heavy atom. The number of hydrogen-bond donors (Lipinski definition) is 2. The van der Waals surface area contributed by atoms with Crippen LogP contribution in [0, 0.1) is 20.8 Å². The maximum absolute atomic E-state index is 12.6. The van der Waals surface area contributed by atoms with Crippen LogP contribution in [-0.2, 0) is 21.4 Å². The highest BCUT2D eigenvalue weighted by atomic mass is 32.2. The molecule has 1 amide bonds. The molecule has 33 heavy (non-hydrogen) atoms. The van der Waals surface area contributed by atoms with Gasteiger partial charge in [0.15, 0.2) is 0 Å². The average molecular weight is 466 g/mol. The number of aryl methyl sites for hydroxylation is 3. The number of nitrogens with one attached hydrogen (secondary N) is 2. The van der Waals surface area contributed by atoms with Crippen LogP contribution in [0.15, 0.2) is 76.7 Å². The molecule has 0 saturated carbocycles. The molecule has 0 heterocycles. The Kier molecular flexibility index (Phi) is 7.97. The zero-order valence-electron chi connectivity index (χ0n) is 18.8. The zero-order valence-corrected chi connectivity index (χ0v) is 19.6. The lowest BCUT2D eigenvalue weighted by Gasteiger charge is -2.12. The fourth-order valence-electron chi connectivity index (χ4n) is 3.43. The SMILES string of the molecule is Cc1cc(C)c(S(=O)(=O)NCC(=O)N/N=C\c2ccc(OCc3ccccc3)cc2)c(C)c1. The van der Waals surface area contributed by atoms with E-state index in [0.717, 1.165) is 22.4 Å². The number of nitrogens with zero attached hydrogens (tertiary/aromatic N) is 1. The fraction of sp³-hybridized carbons (Fsp3) is 0.200. The van der Waals surface area contributed by atoms with Gasteiger partial charge >= 0.3 is 0 Å². The lowest BCUT2D eigenvalue weighted by atomic mass is 10.1. The Hall–Kier alpha value is -3.49. The predicted octanol–water partition coefficient (Wildman–Crippen LogP) is 3.62. The molecule has 0 aliphatic heterocycles. The van der Waals surface area contributed by atoms with Gasteiger partial charge in [0.1, 0.15) is 12.4 Å². The second-order valence-electron chi connectivity index (χ2n) is 7.69. The third-order valence-corrected chi connectivity index (χ3v) is 6.53. The second-order valence-corrected chi connectivity index (χ2v) is 9.39. The third-order valence-electron chi connectivity index (χ3n) is 4.83. The first kappa shape index (κ1) is 24.2. The molecule has 3 aromatic rings. The number of ether oxygens (including phenoxy) is 1. The summed E-state index contributed by atoms with van der Waals surface area (Å²) in [6, 6.07) is 20.7. The van der Waals surface area contributed by atoms with E-state index in [1.165, 1.54) is 6.21 Å². The van der Waals surface area contributed by atoms with Gasteiger partial charge in [-0.1, -0.05) is 48.0 Å². The van der Waals surface area contributed by atoms with Gasteiger partial charge in [-0.2, -0.15) is 5.10 Å². The molecule has 8 heteroatoms. The van der Waals surface area contributed by atoms with Crippen LogP contribution in [0.2, 0.25) is 0 Å². The average Bonchev–Trinajstić information content (AvgIpc) is 2.77. The number of hydrazone groups is 1.